The summed E-state index contributed by atoms with van der Waals surface area (Å²) in [5, 5.41) is 16.6. The number of hydroxylamine groups is 2. The minimum absolute atomic E-state index is 0.115. The Morgan fingerprint density at radius 2 is 1.70 bits per heavy atom. The molecule has 5 rings (SSSR count). The maximum absolute atomic E-state index is 15.6. The van der Waals surface area contributed by atoms with Gasteiger partial charge in [0.2, 0.25) is 18.2 Å². The Bertz CT molecular complexity index is 1160. The summed E-state index contributed by atoms with van der Waals surface area (Å²) >= 11 is 0. The van der Waals surface area contributed by atoms with Gasteiger partial charge in [0.15, 0.2) is 0 Å². The molecule has 0 aromatic heterocycles. The number of nitrogens with zero attached hydrogens (tertiary/aromatic N) is 3. The summed E-state index contributed by atoms with van der Waals surface area (Å²) in [7, 11) is 0. The normalized spacial score (nSPS) is 22.5. The molecule has 1 aromatic carbocycles. The molecule has 3 amide bonds. The first-order chi connectivity index (χ1) is 20.5. The van der Waals surface area contributed by atoms with Crippen molar-refractivity contribution < 1.29 is 24.0 Å². The van der Waals surface area contributed by atoms with Gasteiger partial charge in [-0.1, -0.05) is 46.5 Å². The lowest BCUT2D eigenvalue weighted by Crippen LogP contribution is -2.56. The summed E-state index contributed by atoms with van der Waals surface area (Å²) in [6.45, 7) is 8.09. The number of carbonyl (C=O) groups is 3. The molecule has 0 radical (unpaired) electrons. The van der Waals surface area contributed by atoms with Crippen molar-refractivity contribution >= 4 is 29.6 Å². The van der Waals surface area contributed by atoms with Gasteiger partial charge < -0.3 is 20.4 Å². The van der Waals surface area contributed by atoms with Crippen LogP contribution in [-0.2, 0) is 14.4 Å². The van der Waals surface area contributed by atoms with Crippen LogP contribution in [0, 0.1) is 23.1 Å². The van der Waals surface area contributed by atoms with Crippen LogP contribution in [0.15, 0.2) is 12.1 Å². The summed E-state index contributed by atoms with van der Waals surface area (Å²) in [4.78, 5) is 43.2. The Hall–Kier alpha value is -2.88. The van der Waals surface area contributed by atoms with Gasteiger partial charge in [-0.15, -0.1) is 0 Å². The van der Waals surface area contributed by atoms with Crippen molar-refractivity contribution in [1.29, 1.82) is 0 Å². The standard InChI is InChI=1S/C33H50FN5O4/c1-33(2,3)30(36-31(41)23(20-38(43)21-40)17-22-9-5-6-10-22)32(42)35-27-13-16-39(24-11-12-24)28-19-29(26(34)18-25(27)28)37-14-7-4-8-15-37/h18-19,21-24,27,30,43H,4-17,20H2,1-3H3,(H,35,42)(H,36,41)/t23-,27?,30-/m1/s1. The van der Waals surface area contributed by atoms with E-state index < -0.39 is 17.4 Å². The number of rotatable bonds is 11. The molecule has 0 bridgehead atoms. The molecule has 10 heteroatoms. The number of fused-ring (bicyclic) bond motifs is 1. The van der Waals surface area contributed by atoms with Crippen molar-refractivity contribution in [2.24, 2.45) is 17.3 Å². The SMILES string of the molecule is CC(C)(C)[C@H](NC(=O)[C@H](CC1CCCC1)CN(O)C=O)C(=O)NC1CCN(C2CC2)c2cc(N3CCCCC3)c(F)cc21. The maximum Gasteiger partial charge on any atom is 0.243 e. The van der Waals surface area contributed by atoms with Crippen LogP contribution in [0.1, 0.15) is 103 Å². The molecule has 238 valence electrons. The van der Waals surface area contributed by atoms with Crippen LogP contribution in [0.3, 0.4) is 0 Å². The quantitative estimate of drug-likeness (QED) is 0.190. The van der Waals surface area contributed by atoms with Crippen LogP contribution in [0.5, 0.6) is 0 Å². The van der Waals surface area contributed by atoms with Crippen LogP contribution < -0.4 is 20.4 Å². The molecular formula is C33H50FN5O4. The second-order valence-electron chi connectivity index (χ2n) is 14.3. The maximum atomic E-state index is 15.6. The molecule has 2 saturated carbocycles. The van der Waals surface area contributed by atoms with Crippen molar-refractivity contribution in [1.82, 2.24) is 15.7 Å². The molecule has 4 aliphatic rings. The number of nitrogens with one attached hydrogen (secondary N) is 2. The minimum Gasteiger partial charge on any atom is -0.369 e. The highest BCUT2D eigenvalue weighted by molar-refractivity contribution is 5.89. The predicted octanol–water partition coefficient (Wildman–Crippen LogP) is 4.92. The van der Waals surface area contributed by atoms with Gasteiger partial charge in [0, 0.05) is 36.9 Å². The van der Waals surface area contributed by atoms with Crippen LogP contribution in [0.2, 0.25) is 0 Å². The number of amides is 3. The first kappa shape index (κ1) is 31.5. The van der Waals surface area contributed by atoms with Crippen molar-refractivity contribution in [3.63, 3.8) is 0 Å². The zero-order chi connectivity index (χ0) is 30.7. The Morgan fingerprint density at radius 1 is 1.00 bits per heavy atom. The fourth-order valence-corrected chi connectivity index (χ4v) is 7.30. The van der Waals surface area contributed by atoms with Gasteiger partial charge in [0.05, 0.1) is 24.2 Å². The van der Waals surface area contributed by atoms with Gasteiger partial charge >= 0.3 is 0 Å². The average molecular weight is 600 g/mol. The number of carbonyl (C=O) groups excluding carboxylic acids is 3. The molecule has 0 spiro atoms. The fraction of sp³-hybridized carbons (Fsp3) is 0.727. The van der Waals surface area contributed by atoms with Crippen LogP contribution >= 0.6 is 0 Å². The third-order valence-electron chi connectivity index (χ3n) is 9.85. The molecular weight excluding hydrogens is 549 g/mol. The summed E-state index contributed by atoms with van der Waals surface area (Å²) in [5.74, 6) is -1.18. The highest BCUT2D eigenvalue weighted by Crippen LogP contribution is 2.43. The van der Waals surface area contributed by atoms with E-state index in [0.29, 0.717) is 42.0 Å². The van der Waals surface area contributed by atoms with Gasteiger partial charge in [-0.05, 0) is 68.4 Å². The summed E-state index contributed by atoms with van der Waals surface area (Å²) < 4.78 is 15.6. The summed E-state index contributed by atoms with van der Waals surface area (Å²) in [5.41, 5.74) is 1.84. The third kappa shape index (κ3) is 7.62. The first-order valence-electron chi connectivity index (χ1n) is 16.4. The highest BCUT2D eigenvalue weighted by Gasteiger charge is 2.40. The van der Waals surface area contributed by atoms with E-state index in [1.54, 1.807) is 6.07 Å². The van der Waals surface area contributed by atoms with Crippen LogP contribution in [0.4, 0.5) is 15.8 Å². The van der Waals surface area contributed by atoms with E-state index in [1.165, 1.54) is 6.42 Å². The smallest absolute Gasteiger partial charge is 0.243 e. The number of anilines is 2. The van der Waals surface area contributed by atoms with E-state index in [0.717, 1.165) is 82.3 Å². The molecule has 2 aliphatic heterocycles. The highest BCUT2D eigenvalue weighted by atomic mass is 19.1. The first-order valence-corrected chi connectivity index (χ1v) is 16.4. The van der Waals surface area contributed by atoms with E-state index in [-0.39, 0.29) is 30.2 Å². The van der Waals surface area contributed by atoms with E-state index in [2.05, 4.69) is 20.4 Å². The van der Waals surface area contributed by atoms with Crippen molar-refractivity contribution in [2.75, 3.05) is 36.0 Å². The van der Waals surface area contributed by atoms with Crippen molar-refractivity contribution in [2.45, 2.75) is 110 Å². The van der Waals surface area contributed by atoms with Crippen LogP contribution in [0.25, 0.3) is 0 Å². The second-order valence-corrected chi connectivity index (χ2v) is 14.3. The number of piperidine rings is 1. The molecule has 2 aliphatic carbocycles. The Kier molecular flexibility index (Phi) is 9.83. The fourth-order valence-electron chi connectivity index (χ4n) is 7.30. The topological polar surface area (TPSA) is 105 Å². The second kappa shape index (κ2) is 13.4. The molecule has 43 heavy (non-hydrogen) atoms. The van der Waals surface area contributed by atoms with Gasteiger partial charge in [-0.2, -0.15) is 0 Å². The van der Waals surface area contributed by atoms with Crippen molar-refractivity contribution in [3.05, 3.63) is 23.5 Å². The van der Waals surface area contributed by atoms with Gasteiger partial charge in [-0.25, -0.2) is 9.45 Å². The average Bonchev–Trinajstić information content (AvgIpc) is 3.69. The molecule has 1 unspecified atom stereocenters. The Balaban J connectivity index is 1.35. The van der Waals surface area contributed by atoms with Gasteiger partial charge in [-0.3, -0.25) is 19.6 Å². The molecule has 1 aromatic rings. The van der Waals surface area contributed by atoms with Crippen LogP contribution in [-0.4, -0.2) is 66.8 Å². The molecule has 9 nitrogen and oxygen atoms in total. The number of benzene rings is 1. The molecule has 2 heterocycles. The molecule has 3 N–H and O–H groups in total. The minimum atomic E-state index is -0.850. The zero-order valence-corrected chi connectivity index (χ0v) is 26.1. The van der Waals surface area contributed by atoms with Crippen molar-refractivity contribution in [3.8, 4) is 0 Å². The van der Waals surface area contributed by atoms with E-state index >= 15 is 4.39 Å². The van der Waals surface area contributed by atoms with Gasteiger partial charge in [0.25, 0.3) is 0 Å². The molecule has 3 fully saturated rings. The molecule has 3 atom stereocenters. The number of hydrogen-bond acceptors (Lipinski definition) is 6. The zero-order valence-electron chi connectivity index (χ0n) is 26.1. The van der Waals surface area contributed by atoms with E-state index in [4.69, 9.17) is 0 Å². The number of hydrogen-bond donors (Lipinski definition) is 3. The largest absolute Gasteiger partial charge is 0.369 e. The number of halogens is 1. The lowest BCUT2D eigenvalue weighted by molar-refractivity contribution is -0.155. The Labute approximate surface area is 255 Å². The lowest BCUT2D eigenvalue weighted by Gasteiger charge is -2.39. The van der Waals surface area contributed by atoms with E-state index in [1.807, 2.05) is 26.8 Å². The summed E-state index contributed by atoms with van der Waals surface area (Å²) in [6.07, 6.45) is 11.4. The molecule has 1 saturated heterocycles. The monoisotopic (exact) mass is 599 g/mol. The predicted molar refractivity (Wildman–Crippen MR) is 164 cm³/mol. The lowest BCUT2D eigenvalue weighted by atomic mass is 9.84. The third-order valence-corrected chi connectivity index (χ3v) is 9.85. The van der Waals surface area contributed by atoms with E-state index in [9.17, 15) is 19.6 Å². The Morgan fingerprint density at radius 3 is 2.33 bits per heavy atom. The summed E-state index contributed by atoms with van der Waals surface area (Å²) in [6, 6.07) is 2.86. The van der Waals surface area contributed by atoms with Gasteiger partial charge in [0.1, 0.15) is 11.9 Å².